The molecule has 6 aromatic rings. The van der Waals surface area contributed by atoms with Crippen LogP contribution in [0.1, 0.15) is 0 Å². The van der Waals surface area contributed by atoms with Gasteiger partial charge < -0.3 is 4.57 Å². The van der Waals surface area contributed by atoms with Crippen molar-refractivity contribution < 1.29 is 0 Å². The van der Waals surface area contributed by atoms with Gasteiger partial charge in [0.25, 0.3) is 0 Å². The highest BCUT2D eigenvalue weighted by molar-refractivity contribution is 6.30. The van der Waals surface area contributed by atoms with E-state index in [0.29, 0.717) is 0 Å². The maximum atomic E-state index is 6.38. The molecule has 0 fully saturated rings. The van der Waals surface area contributed by atoms with Crippen molar-refractivity contribution >= 4 is 33.3 Å². The molecule has 5 aromatic carbocycles. The maximum absolute atomic E-state index is 6.38. The second-order valence-electron chi connectivity index (χ2n) is 8.02. The zero-order valence-corrected chi connectivity index (χ0v) is 18.1. The Morgan fingerprint density at radius 2 is 1.22 bits per heavy atom. The molecule has 32 heavy (non-hydrogen) atoms. The van der Waals surface area contributed by atoms with Crippen molar-refractivity contribution in [2.75, 3.05) is 0 Å². The van der Waals surface area contributed by atoms with E-state index >= 15 is 0 Å². The predicted octanol–water partition coefficient (Wildman–Crippen LogP) is 8.77. The molecule has 0 aliphatic carbocycles. The summed E-state index contributed by atoms with van der Waals surface area (Å²) in [6, 6.07) is 42.7. The Morgan fingerprint density at radius 3 is 2.06 bits per heavy atom. The molecule has 0 N–H and O–H groups in total. The van der Waals surface area contributed by atoms with Gasteiger partial charge in [0.1, 0.15) is 0 Å². The zero-order valence-electron chi connectivity index (χ0n) is 17.4. The maximum Gasteiger partial charge on any atom is 0.0546 e. The minimum atomic E-state index is 0.738. The van der Waals surface area contributed by atoms with Gasteiger partial charge in [-0.1, -0.05) is 96.5 Å². The van der Waals surface area contributed by atoms with Crippen molar-refractivity contribution in [1.82, 2.24) is 4.57 Å². The second-order valence-corrected chi connectivity index (χ2v) is 8.45. The first-order chi connectivity index (χ1) is 15.8. The number of nitrogens with zero attached hydrogens (tertiary/aromatic N) is 1. The van der Waals surface area contributed by atoms with Crippen LogP contribution < -0.4 is 0 Å². The van der Waals surface area contributed by atoms with E-state index in [1.54, 1.807) is 0 Å². The first-order valence-corrected chi connectivity index (χ1v) is 11.1. The van der Waals surface area contributed by atoms with Crippen LogP contribution in [0.3, 0.4) is 0 Å². The number of fused-ring (bicyclic) bond motifs is 2. The Hall–Kier alpha value is -3.81. The molecule has 0 amide bonds. The number of para-hydroxylation sites is 1. The van der Waals surface area contributed by atoms with Crippen molar-refractivity contribution in [1.29, 1.82) is 0 Å². The number of hydrogen-bond acceptors (Lipinski definition) is 0. The Bertz CT molecular complexity index is 1580. The highest BCUT2D eigenvalue weighted by Gasteiger charge is 2.16. The summed E-state index contributed by atoms with van der Waals surface area (Å²) in [4.78, 5) is 0. The summed E-state index contributed by atoms with van der Waals surface area (Å²) >= 11 is 6.38. The lowest BCUT2D eigenvalue weighted by Gasteiger charge is -2.16. The van der Waals surface area contributed by atoms with Gasteiger partial charge in [0.05, 0.1) is 16.9 Å². The molecule has 1 aromatic heterocycles. The Morgan fingerprint density at radius 1 is 0.500 bits per heavy atom. The van der Waals surface area contributed by atoms with E-state index in [0.717, 1.165) is 22.0 Å². The van der Waals surface area contributed by atoms with Gasteiger partial charge >= 0.3 is 0 Å². The fourth-order valence-corrected chi connectivity index (χ4v) is 4.74. The largest absolute Gasteiger partial charge is 0.309 e. The van der Waals surface area contributed by atoms with E-state index in [9.17, 15) is 0 Å². The van der Waals surface area contributed by atoms with E-state index in [1.807, 2.05) is 18.2 Å². The summed E-state index contributed by atoms with van der Waals surface area (Å²) in [5, 5.41) is 4.38. The molecule has 1 heterocycles. The van der Waals surface area contributed by atoms with Gasteiger partial charge in [0.15, 0.2) is 0 Å². The van der Waals surface area contributed by atoms with Crippen LogP contribution in [0.2, 0.25) is 5.02 Å². The lowest BCUT2D eigenvalue weighted by atomic mass is 9.99. The Kier molecular flexibility index (Phi) is 4.56. The molecule has 0 aliphatic rings. The monoisotopic (exact) mass is 430 g/mol. The molecule has 2 heteroatoms. The average molecular weight is 431 g/mol. The van der Waals surface area contributed by atoms with E-state index in [2.05, 4.69) is 108 Å². The summed E-state index contributed by atoms with van der Waals surface area (Å²) in [5.74, 6) is 0. The standard InChI is InChI=1S/C30H20ClN/c31-26-14-8-13-23(18-26)29-19-24-12-5-7-16-28(24)32(29)30-20-25(21-9-2-1-3-10-21)17-22-11-4-6-15-27(22)30/h1-20H/i29+1. The SMILES string of the molecule is Clc1cccc(-[13c]2cc3ccccc3n2-c2cc(-c3ccccc3)cc3ccccc23)c1. The van der Waals surface area contributed by atoms with Gasteiger partial charge in [-0.3, -0.25) is 0 Å². The molecule has 0 saturated carbocycles. The van der Waals surface area contributed by atoms with E-state index in [4.69, 9.17) is 11.6 Å². The molecule has 152 valence electrons. The number of halogens is 1. The molecule has 0 saturated heterocycles. The molecular weight excluding hydrogens is 411 g/mol. The second kappa shape index (κ2) is 7.71. The minimum absolute atomic E-state index is 0.738. The lowest BCUT2D eigenvalue weighted by molar-refractivity contribution is 1.15. The van der Waals surface area contributed by atoms with Crippen LogP contribution in [0.4, 0.5) is 0 Å². The van der Waals surface area contributed by atoms with Crippen LogP contribution in [0.25, 0.3) is 49.7 Å². The third-order valence-corrected chi connectivity index (χ3v) is 6.25. The molecule has 0 bridgehead atoms. The summed E-state index contributed by atoms with van der Waals surface area (Å²) < 4.78 is 2.37. The van der Waals surface area contributed by atoms with Gasteiger partial charge in [-0.2, -0.15) is 0 Å². The Balaban J connectivity index is 1.73. The van der Waals surface area contributed by atoms with E-state index in [1.165, 1.54) is 32.8 Å². The highest BCUT2D eigenvalue weighted by Crippen LogP contribution is 2.37. The summed E-state index contributed by atoms with van der Waals surface area (Å²) in [6.45, 7) is 0. The lowest BCUT2D eigenvalue weighted by Crippen LogP contribution is -1.99. The fraction of sp³-hybridized carbons (Fsp3) is 0. The fourth-order valence-electron chi connectivity index (χ4n) is 4.55. The van der Waals surface area contributed by atoms with Crippen molar-refractivity contribution in [3.05, 3.63) is 126 Å². The van der Waals surface area contributed by atoms with Gasteiger partial charge in [0, 0.05) is 21.4 Å². The molecule has 0 radical (unpaired) electrons. The summed E-state index contributed by atoms with van der Waals surface area (Å²) in [7, 11) is 0. The van der Waals surface area contributed by atoms with Crippen molar-refractivity contribution in [2.24, 2.45) is 0 Å². The van der Waals surface area contributed by atoms with Gasteiger partial charge in [-0.25, -0.2) is 0 Å². The van der Waals surface area contributed by atoms with Crippen molar-refractivity contribution in [2.45, 2.75) is 0 Å². The molecule has 0 spiro atoms. The molecule has 6 rings (SSSR count). The normalized spacial score (nSPS) is 11.3. The molecule has 0 aliphatic heterocycles. The van der Waals surface area contributed by atoms with E-state index in [-0.39, 0.29) is 0 Å². The average Bonchev–Trinajstić information content (AvgIpc) is 3.23. The first-order valence-electron chi connectivity index (χ1n) is 10.7. The zero-order chi connectivity index (χ0) is 21.5. The van der Waals surface area contributed by atoms with Crippen LogP contribution in [-0.4, -0.2) is 4.57 Å². The van der Waals surface area contributed by atoms with Crippen LogP contribution in [0, 0.1) is 0 Å². The summed E-state index contributed by atoms with van der Waals surface area (Å²) in [6.07, 6.45) is 0. The van der Waals surface area contributed by atoms with Crippen molar-refractivity contribution in [3.63, 3.8) is 0 Å². The highest BCUT2D eigenvalue weighted by atomic mass is 35.5. The number of hydrogen-bond donors (Lipinski definition) is 0. The number of benzene rings is 5. The predicted molar refractivity (Wildman–Crippen MR) is 137 cm³/mol. The van der Waals surface area contributed by atoms with Gasteiger partial charge in [0.2, 0.25) is 0 Å². The third-order valence-electron chi connectivity index (χ3n) is 6.02. The molecule has 0 unspecified atom stereocenters. The molecule has 0 atom stereocenters. The Labute approximate surface area is 192 Å². The topological polar surface area (TPSA) is 4.93 Å². The number of rotatable bonds is 3. The van der Waals surface area contributed by atoms with E-state index < -0.39 is 0 Å². The van der Waals surface area contributed by atoms with Crippen LogP contribution in [0.5, 0.6) is 0 Å². The van der Waals surface area contributed by atoms with Crippen LogP contribution >= 0.6 is 11.6 Å². The number of aromatic nitrogens is 1. The van der Waals surface area contributed by atoms with Gasteiger partial charge in [-0.15, -0.1) is 0 Å². The summed E-state index contributed by atoms with van der Waals surface area (Å²) in [5.41, 5.74) is 6.98. The van der Waals surface area contributed by atoms with Crippen LogP contribution in [0.15, 0.2) is 121 Å². The minimum Gasteiger partial charge on any atom is -0.309 e. The third kappa shape index (κ3) is 3.19. The molecule has 1 nitrogen and oxygen atoms in total. The van der Waals surface area contributed by atoms with Gasteiger partial charge in [-0.05, 0) is 52.9 Å². The quantitative estimate of drug-likeness (QED) is 0.264. The molecular formula is C30H20ClN. The first kappa shape index (κ1) is 18.9. The smallest absolute Gasteiger partial charge is 0.0546 e. The van der Waals surface area contributed by atoms with Crippen LogP contribution in [-0.2, 0) is 0 Å². The van der Waals surface area contributed by atoms with Crippen molar-refractivity contribution in [3.8, 4) is 28.1 Å².